The Morgan fingerprint density at radius 2 is 1.50 bits per heavy atom. The number of piperidine rings is 1. The van der Waals surface area contributed by atoms with Crippen LogP contribution in [0.5, 0.6) is 0 Å². The highest BCUT2D eigenvalue weighted by Gasteiger charge is 2.34. The zero-order valence-electron chi connectivity index (χ0n) is 24.2. The monoisotopic (exact) mass is 591 g/mol. The van der Waals surface area contributed by atoms with Crippen LogP contribution in [-0.2, 0) is 14.8 Å². The Bertz CT molecular complexity index is 1570. The van der Waals surface area contributed by atoms with Crippen LogP contribution in [0, 0.1) is 0 Å². The molecular weight excluding hydrogens is 554 g/mol. The van der Waals surface area contributed by atoms with Crippen LogP contribution < -0.4 is 4.90 Å². The summed E-state index contributed by atoms with van der Waals surface area (Å²) >= 11 is 0. The second kappa shape index (κ2) is 12.6. The number of benzene rings is 3. The lowest BCUT2D eigenvalue weighted by Gasteiger charge is -2.32. The first-order valence-electron chi connectivity index (χ1n) is 14.7. The van der Waals surface area contributed by atoms with E-state index in [0.29, 0.717) is 42.4 Å². The second-order valence-electron chi connectivity index (χ2n) is 10.7. The van der Waals surface area contributed by atoms with Gasteiger partial charge in [0.05, 0.1) is 17.0 Å². The molecule has 0 saturated carbocycles. The number of hydrogen-bond acceptors (Lipinski definition) is 7. The molecule has 0 spiro atoms. The van der Waals surface area contributed by atoms with Gasteiger partial charge in [-0.1, -0.05) is 26.0 Å². The van der Waals surface area contributed by atoms with Gasteiger partial charge in [-0.3, -0.25) is 14.5 Å². The molecule has 3 aromatic rings. The van der Waals surface area contributed by atoms with E-state index in [-0.39, 0.29) is 23.6 Å². The molecule has 222 valence electrons. The number of rotatable bonds is 11. The summed E-state index contributed by atoms with van der Waals surface area (Å²) in [6, 6.07) is 14.9. The van der Waals surface area contributed by atoms with E-state index in [1.165, 1.54) is 35.0 Å². The van der Waals surface area contributed by atoms with Gasteiger partial charge < -0.3 is 9.64 Å². The molecule has 0 bridgehead atoms. The molecule has 0 unspecified atom stereocenters. The molecule has 42 heavy (non-hydrogen) atoms. The average molecular weight is 592 g/mol. The molecule has 2 aliphatic heterocycles. The third kappa shape index (κ3) is 5.65. The van der Waals surface area contributed by atoms with E-state index < -0.39 is 27.8 Å². The smallest absolute Gasteiger partial charge is 0.338 e. The number of esters is 1. The van der Waals surface area contributed by atoms with Crippen molar-refractivity contribution in [1.82, 2.24) is 9.21 Å². The molecular formula is C32H37N3O6S. The van der Waals surface area contributed by atoms with Gasteiger partial charge in [0.2, 0.25) is 10.0 Å². The van der Waals surface area contributed by atoms with E-state index in [0.717, 1.165) is 41.9 Å². The van der Waals surface area contributed by atoms with Crippen molar-refractivity contribution in [2.45, 2.75) is 50.8 Å². The maximum absolute atomic E-state index is 13.4. The third-order valence-electron chi connectivity index (χ3n) is 7.89. The van der Waals surface area contributed by atoms with Crippen molar-refractivity contribution in [3.8, 4) is 0 Å². The van der Waals surface area contributed by atoms with Crippen molar-refractivity contribution < 1.29 is 27.5 Å². The summed E-state index contributed by atoms with van der Waals surface area (Å²) in [6.45, 7) is 6.32. The molecule has 0 radical (unpaired) electrons. The molecule has 0 atom stereocenters. The highest BCUT2D eigenvalue weighted by Crippen LogP contribution is 2.36. The van der Waals surface area contributed by atoms with Crippen molar-refractivity contribution in [3.63, 3.8) is 0 Å². The summed E-state index contributed by atoms with van der Waals surface area (Å²) in [5.41, 5.74) is 2.15. The molecule has 0 aliphatic carbocycles. The molecule has 3 aromatic carbocycles. The number of carbonyl (C=O) groups is 3. The van der Waals surface area contributed by atoms with E-state index >= 15 is 0 Å². The van der Waals surface area contributed by atoms with Crippen LogP contribution in [-0.4, -0.2) is 74.7 Å². The summed E-state index contributed by atoms with van der Waals surface area (Å²) < 4.78 is 32.8. The summed E-state index contributed by atoms with van der Waals surface area (Å²) in [5.74, 6) is -1.49. The van der Waals surface area contributed by atoms with E-state index in [1.807, 2.05) is 32.0 Å². The molecule has 2 amide bonds. The molecule has 1 saturated heterocycles. The van der Waals surface area contributed by atoms with Crippen LogP contribution in [0.1, 0.15) is 77.0 Å². The van der Waals surface area contributed by atoms with Gasteiger partial charge in [0, 0.05) is 53.8 Å². The number of carbonyl (C=O) groups excluding carboxylic acids is 3. The van der Waals surface area contributed by atoms with Gasteiger partial charge in [-0.2, -0.15) is 4.31 Å². The number of nitrogens with zero attached hydrogens (tertiary/aromatic N) is 3. The summed E-state index contributed by atoms with van der Waals surface area (Å²) in [6.07, 6.45) is 4.84. The van der Waals surface area contributed by atoms with Crippen LogP contribution in [0.15, 0.2) is 59.5 Å². The number of anilines is 1. The Morgan fingerprint density at radius 1 is 0.857 bits per heavy atom. The number of imide groups is 1. The topological polar surface area (TPSA) is 104 Å². The van der Waals surface area contributed by atoms with Crippen molar-refractivity contribution in [2.75, 3.05) is 44.2 Å². The van der Waals surface area contributed by atoms with Gasteiger partial charge in [0.25, 0.3) is 11.8 Å². The van der Waals surface area contributed by atoms with Crippen molar-refractivity contribution in [1.29, 1.82) is 0 Å². The Labute approximate surface area is 247 Å². The Balaban J connectivity index is 1.26. The van der Waals surface area contributed by atoms with E-state index in [4.69, 9.17) is 4.74 Å². The van der Waals surface area contributed by atoms with Gasteiger partial charge in [0.15, 0.2) is 0 Å². The highest BCUT2D eigenvalue weighted by molar-refractivity contribution is 7.89. The van der Waals surface area contributed by atoms with Crippen molar-refractivity contribution in [2.24, 2.45) is 0 Å². The summed E-state index contributed by atoms with van der Waals surface area (Å²) in [5, 5.41) is 1.58. The molecule has 2 aliphatic rings. The van der Waals surface area contributed by atoms with Crippen LogP contribution >= 0.6 is 0 Å². The quantitative estimate of drug-likeness (QED) is 0.226. The van der Waals surface area contributed by atoms with Gasteiger partial charge in [0.1, 0.15) is 6.61 Å². The SMILES string of the molecule is CCCN(CCC)S(=O)(=O)c1ccc(C(=O)OCCN2C(=O)c3cccc4c(N5CCCCC5)ccc(c34)C2=O)cc1. The lowest BCUT2D eigenvalue weighted by atomic mass is 9.92. The minimum Gasteiger partial charge on any atom is -0.460 e. The fourth-order valence-electron chi connectivity index (χ4n) is 5.82. The predicted molar refractivity (Wildman–Crippen MR) is 161 cm³/mol. The molecule has 0 aromatic heterocycles. The Kier molecular flexibility index (Phi) is 8.93. The predicted octanol–water partition coefficient (Wildman–Crippen LogP) is 5.09. The van der Waals surface area contributed by atoms with E-state index in [2.05, 4.69) is 4.90 Å². The molecule has 0 N–H and O–H groups in total. The first-order chi connectivity index (χ1) is 20.3. The van der Waals surface area contributed by atoms with Gasteiger partial charge in [-0.15, -0.1) is 0 Å². The van der Waals surface area contributed by atoms with Gasteiger partial charge >= 0.3 is 5.97 Å². The second-order valence-corrected chi connectivity index (χ2v) is 12.7. The molecule has 2 heterocycles. The number of hydrogen-bond donors (Lipinski definition) is 0. The lowest BCUT2D eigenvalue weighted by molar-refractivity contribution is 0.0405. The minimum atomic E-state index is -3.66. The maximum Gasteiger partial charge on any atom is 0.338 e. The van der Waals surface area contributed by atoms with E-state index in [1.54, 1.807) is 12.1 Å². The molecule has 5 rings (SSSR count). The zero-order chi connectivity index (χ0) is 29.9. The number of amides is 2. The zero-order valence-corrected chi connectivity index (χ0v) is 25.0. The van der Waals surface area contributed by atoms with Crippen LogP contribution in [0.4, 0.5) is 5.69 Å². The first kappa shape index (κ1) is 29.7. The van der Waals surface area contributed by atoms with Crippen LogP contribution in [0.2, 0.25) is 0 Å². The van der Waals surface area contributed by atoms with Crippen molar-refractivity contribution in [3.05, 3.63) is 71.3 Å². The summed E-state index contributed by atoms with van der Waals surface area (Å²) in [4.78, 5) is 43.1. The fourth-order valence-corrected chi connectivity index (χ4v) is 7.44. The Morgan fingerprint density at radius 3 is 2.14 bits per heavy atom. The maximum atomic E-state index is 13.4. The fraction of sp³-hybridized carbons (Fsp3) is 0.406. The first-order valence-corrected chi connectivity index (χ1v) is 16.2. The van der Waals surface area contributed by atoms with E-state index in [9.17, 15) is 22.8 Å². The summed E-state index contributed by atoms with van der Waals surface area (Å²) in [7, 11) is -3.66. The largest absolute Gasteiger partial charge is 0.460 e. The van der Waals surface area contributed by atoms with Crippen LogP contribution in [0.3, 0.4) is 0 Å². The molecule has 1 fully saturated rings. The van der Waals surface area contributed by atoms with Gasteiger partial charge in [-0.05, 0) is 74.6 Å². The molecule has 9 nitrogen and oxygen atoms in total. The van der Waals surface area contributed by atoms with Gasteiger partial charge in [-0.25, -0.2) is 13.2 Å². The lowest BCUT2D eigenvalue weighted by Crippen LogP contribution is -2.42. The average Bonchev–Trinajstić information content (AvgIpc) is 3.01. The van der Waals surface area contributed by atoms with Crippen molar-refractivity contribution >= 4 is 44.3 Å². The standard InChI is InChI=1S/C32H37N3O6S/c1-3-17-34(18-4-2)42(39,40)24-13-11-23(12-14-24)32(38)41-22-21-35-30(36)26-10-8-9-25-28(33-19-6-5-7-20-33)16-15-27(29(25)26)31(35)37/h8-16H,3-7,17-22H2,1-2H3. The minimum absolute atomic E-state index is 0.0947. The normalized spacial score (nSPS) is 15.5. The molecule has 10 heteroatoms. The third-order valence-corrected chi connectivity index (χ3v) is 9.80. The number of ether oxygens (including phenoxy) is 1. The Hall–Kier alpha value is -3.76. The highest BCUT2D eigenvalue weighted by atomic mass is 32.2. The van der Waals surface area contributed by atoms with Crippen LogP contribution in [0.25, 0.3) is 10.8 Å². The number of sulfonamides is 1.